The standard InChI is InChI=1S/C15H30N4O/c1-17(2)15(20)13-19-10-5-14(6-11-19)16-7-12-18-8-3-4-9-18/h14,16H,3-13H2,1-2H3. The normalized spacial score (nSPS) is 22.3. The molecule has 2 aliphatic heterocycles. The van der Waals surface area contributed by atoms with E-state index in [-0.39, 0.29) is 5.91 Å². The van der Waals surface area contributed by atoms with Crippen molar-refractivity contribution in [2.24, 2.45) is 0 Å². The fourth-order valence-electron chi connectivity index (χ4n) is 3.06. The van der Waals surface area contributed by atoms with Gasteiger partial charge in [0, 0.05) is 46.3 Å². The molecule has 2 saturated heterocycles. The van der Waals surface area contributed by atoms with Crippen LogP contribution in [0.4, 0.5) is 0 Å². The maximum atomic E-state index is 11.7. The number of likely N-dealkylation sites (tertiary alicyclic amines) is 2. The number of carbonyl (C=O) groups excluding carboxylic acids is 1. The van der Waals surface area contributed by atoms with Gasteiger partial charge >= 0.3 is 0 Å². The maximum Gasteiger partial charge on any atom is 0.236 e. The summed E-state index contributed by atoms with van der Waals surface area (Å²) in [4.78, 5) is 18.2. The summed E-state index contributed by atoms with van der Waals surface area (Å²) in [7, 11) is 3.66. The van der Waals surface area contributed by atoms with Crippen molar-refractivity contribution in [2.75, 3.05) is 59.9 Å². The lowest BCUT2D eigenvalue weighted by molar-refractivity contribution is -0.130. The molecule has 2 rings (SSSR count). The fraction of sp³-hybridized carbons (Fsp3) is 0.933. The highest BCUT2D eigenvalue weighted by atomic mass is 16.2. The van der Waals surface area contributed by atoms with E-state index in [1.165, 1.54) is 45.3 Å². The van der Waals surface area contributed by atoms with Gasteiger partial charge in [-0.05, 0) is 38.8 Å². The van der Waals surface area contributed by atoms with Crippen LogP contribution >= 0.6 is 0 Å². The third-order valence-corrected chi connectivity index (χ3v) is 4.50. The molecule has 2 aliphatic rings. The zero-order valence-electron chi connectivity index (χ0n) is 13.1. The first-order valence-corrected chi connectivity index (χ1v) is 8.03. The average molecular weight is 282 g/mol. The Hall–Kier alpha value is -0.650. The van der Waals surface area contributed by atoms with Gasteiger partial charge in [0.05, 0.1) is 6.54 Å². The number of rotatable bonds is 6. The van der Waals surface area contributed by atoms with Gasteiger partial charge in [0.15, 0.2) is 0 Å². The van der Waals surface area contributed by atoms with Crippen molar-refractivity contribution in [2.45, 2.75) is 31.7 Å². The van der Waals surface area contributed by atoms with Crippen LogP contribution in [0.5, 0.6) is 0 Å². The molecule has 1 N–H and O–H groups in total. The molecule has 2 fully saturated rings. The minimum Gasteiger partial charge on any atom is -0.348 e. The first-order chi connectivity index (χ1) is 9.65. The number of carbonyl (C=O) groups is 1. The molecule has 1 amide bonds. The van der Waals surface area contributed by atoms with Crippen LogP contribution in [0.1, 0.15) is 25.7 Å². The van der Waals surface area contributed by atoms with E-state index in [1.54, 1.807) is 4.90 Å². The molecule has 2 heterocycles. The van der Waals surface area contributed by atoms with E-state index in [4.69, 9.17) is 0 Å². The summed E-state index contributed by atoms with van der Waals surface area (Å²) >= 11 is 0. The van der Waals surface area contributed by atoms with Gasteiger partial charge in [0.1, 0.15) is 0 Å². The van der Waals surface area contributed by atoms with Crippen molar-refractivity contribution in [3.63, 3.8) is 0 Å². The number of hydrogen-bond acceptors (Lipinski definition) is 4. The average Bonchev–Trinajstić information content (AvgIpc) is 2.94. The molecule has 0 spiro atoms. The summed E-state index contributed by atoms with van der Waals surface area (Å²) in [5.41, 5.74) is 0. The second-order valence-corrected chi connectivity index (χ2v) is 6.34. The smallest absolute Gasteiger partial charge is 0.236 e. The number of nitrogens with one attached hydrogen (secondary N) is 1. The Morgan fingerprint density at radius 1 is 1.10 bits per heavy atom. The third kappa shape index (κ3) is 5.04. The van der Waals surface area contributed by atoms with Crippen LogP contribution in [0.3, 0.4) is 0 Å². The molecule has 0 aromatic heterocycles. The van der Waals surface area contributed by atoms with Gasteiger partial charge in [-0.15, -0.1) is 0 Å². The van der Waals surface area contributed by atoms with Crippen LogP contribution in [0, 0.1) is 0 Å². The fourth-order valence-corrected chi connectivity index (χ4v) is 3.06. The molecule has 0 saturated carbocycles. The predicted molar refractivity (Wildman–Crippen MR) is 81.8 cm³/mol. The molecule has 0 aromatic carbocycles. The zero-order valence-corrected chi connectivity index (χ0v) is 13.1. The molecule has 5 heteroatoms. The highest BCUT2D eigenvalue weighted by Gasteiger charge is 2.21. The Balaban J connectivity index is 1.55. The predicted octanol–water partition coefficient (Wildman–Crippen LogP) is 0.224. The second kappa shape index (κ2) is 7.96. The second-order valence-electron chi connectivity index (χ2n) is 6.34. The van der Waals surface area contributed by atoms with E-state index in [2.05, 4.69) is 15.1 Å². The third-order valence-electron chi connectivity index (χ3n) is 4.50. The van der Waals surface area contributed by atoms with Gasteiger partial charge < -0.3 is 15.1 Å². The highest BCUT2D eigenvalue weighted by molar-refractivity contribution is 5.77. The summed E-state index contributed by atoms with van der Waals surface area (Å²) in [6, 6.07) is 0.642. The minimum absolute atomic E-state index is 0.213. The van der Waals surface area contributed by atoms with Crippen molar-refractivity contribution in [1.82, 2.24) is 20.0 Å². The van der Waals surface area contributed by atoms with Crippen molar-refractivity contribution in [3.8, 4) is 0 Å². The van der Waals surface area contributed by atoms with Gasteiger partial charge in [-0.25, -0.2) is 0 Å². The Bertz CT molecular complexity index is 294. The quantitative estimate of drug-likeness (QED) is 0.757. The van der Waals surface area contributed by atoms with Gasteiger partial charge in [-0.1, -0.05) is 0 Å². The lowest BCUT2D eigenvalue weighted by Crippen LogP contribution is -2.47. The highest BCUT2D eigenvalue weighted by Crippen LogP contribution is 2.10. The van der Waals surface area contributed by atoms with Crippen molar-refractivity contribution in [3.05, 3.63) is 0 Å². The van der Waals surface area contributed by atoms with Crippen molar-refractivity contribution in [1.29, 1.82) is 0 Å². The Labute approximate surface area is 123 Å². The molecular formula is C15H30N4O. The zero-order chi connectivity index (χ0) is 14.4. The molecule has 0 bridgehead atoms. The van der Waals surface area contributed by atoms with Gasteiger partial charge in [-0.3, -0.25) is 9.69 Å². The van der Waals surface area contributed by atoms with Crippen LogP contribution in [0.25, 0.3) is 0 Å². The molecule has 20 heavy (non-hydrogen) atoms. The van der Waals surface area contributed by atoms with E-state index < -0.39 is 0 Å². The number of piperidine rings is 1. The Morgan fingerprint density at radius 2 is 1.75 bits per heavy atom. The minimum atomic E-state index is 0.213. The van der Waals surface area contributed by atoms with E-state index >= 15 is 0 Å². The lowest BCUT2D eigenvalue weighted by Gasteiger charge is -2.32. The van der Waals surface area contributed by atoms with E-state index in [1.807, 2.05) is 14.1 Å². The number of nitrogens with zero attached hydrogens (tertiary/aromatic N) is 3. The summed E-state index contributed by atoms with van der Waals surface area (Å²) in [5.74, 6) is 0.213. The van der Waals surface area contributed by atoms with E-state index in [9.17, 15) is 4.79 Å². The number of amides is 1. The van der Waals surface area contributed by atoms with E-state index in [0.29, 0.717) is 12.6 Å². The van der Waals surface area contributed by atoms with Crippen LogP contribution in [0.2, 0.25) is 0 Å². The summed E-state index contributed by atoms with van der Waals surface area (Å²) in [6.45, 7) is 7.54. The van der Waals surface area contributed by atoms with Crippen LogP contribution < -0.4 is 5.32 Å². The summed E-state index contributed by atoms with van der Waals surface area (Å²) < 4.78 is 0. The molecule has 0 aromatic rings. The molecule has 0 unspecified atom stereocenters. The van der Waals surface area contributed by atoms with Crippen molar-refractivity contribution >= 4 is 5.91 Å². The van der Waals surface area contributed by atoms with Crippen LogP contribution in [-0.2, 0) is 4.79 Å². The Kier molecular flexibility index (Phi) is 6.26. The Morgan fingerprint density at radius 3 is 2.35 bits per heavy atom. The summed E-state index contributed by atoms with van der Waals surface area (Å²) in [5, 5.41) is 3.68. The molecule has 0 aliphatic carbocycles. The first kappa shape index (κ1) is 15.7. The van der Waals surface area contributed by atoms with Gasteiger partial charge in [-0.2, -0.15) is 0 Å². The number of hydrogen-bond donors (Lipinski definition) is 1. The monoisotopic (exact) mass is 282 g/mol. The molecule has 0 radical (unpaired) electrons. The lowest BCUT2D eigenvalue weighted by atomic mass is 10.1. The van der Waals surface area contributed by atoms with E-state index in [0.717, 1.165) is 19.6 Å². The molecular weight excluding hydrogens is 252 g/mol. The largest absolute Gasteiger partial charge is 0.348 e. The first-order valence-electron chi connectivity index (χ1n) is 8.03. The van der Waals surface area contributed by atoms with Gasteiger partial charge in [0.25, 0.3) is 0 Å². The van der Waals surface area contributed by atoms with Crippen LogP contribution in [0.15, 0.2) is 0 Å². The van der Waals surface area contributed by atoms with Crippen molar-refractivity contribution < 1.29 is 4.79 Å². The molecule has 116 valence electrons. The molecule has 5 nitrogen and oxygen atoms in total. The topological polar surface area (TPSA) is 38.8 Å². The van der Waals surface area contributed by atoms with Gasteiger partial charge in [0.2, 0.25) is 5.91 Å². The van der Waals surface area contributed by atoms with Crippen LogP contribution in [-0.4, -0.2) is 86.6 Å². The molecule has 0 atom stereocenters. The summed E-state index contributed by atoms with van der Waals surface area (Å²) in [6.07, 6.45) is 5.08. The number of likely N-dealkylation sites (N-methyl/N-ethyl adjacent to an activating group) is 1. The SMILES string of the molecule is CN(C)C(=O)CN1CCC(NCCN2CCCC2)CC1. The maximum absolute atomic E-state index is 11.7.